The van der Waals surface area contributed by atoms with Crippen molar-refractivity contribution in [2.24, 2.45) is 0 Å². The van der Waals surface area contributed by atoms with E-state index in [0.717, 1.165) is 18.4 Å². The van der Waals surface area contributed by atoms with Gasteiger partial charge in [0.05, 0.1) is 16.3 Å². The second-order valence-electron chi connectivity index (χ2n) is 3.59. The zero-order valence-corrected chi connectivity index (χ0v) is 11.6. The molecular formula is C11H12ClNO5S. The Kier molecular flexibility index (Phi) is 5.78. The first-order valence-corrected chi connectivity index (χ1v) is 6.49. The van der Waals surface area contributed by atoms with E-state index in [2.05, 4.69) is 10.1 Å². The van der Waals surface area contributed by atoms with Crippen LogP contribution in [0.5, 0.6) is 0 Å². The first-order valence-electron chi connectivity index (χ1n) is 5.30. The zero-order chi connectivity index (χ0) is 14.4. The molecule has 6 nitrogen and oxygen atoms in total. The standard InChI is InChI=1S/C11H12ClNO5S/c1-18-11(17)13-6(10(15)16)2-3-7(14)8-4-5-9(12)19-8/h4-6H,2-3H2,1H3,(H,13,17)(H,15,16). The monoisotopic (exact) mass is 305 g/mol. The fourth-order valence-corrected chi connectivity index (χ4v) is 2.33. The number of carbonyl (C=O) groups excluding carboxylic acids is 2. The zero-order valence-electron chi connectivity index (χ0n) is 10.0. The Hall–Kier alpha value is -1.60. The van der Waals surface area contributed by atoms with Crippen molar-refractivity contribution >= 4 is 40.8 Å². The summed E-state index contributed by atoms with van der Waals surface area (Å²) in [5, 5.41) is 11.0. The summed E-state index contributed by atoms with van der Waals surface area (Å²) in [6.45, 7) is 0. The molecule has 0 saturated carbocycles. The van der Waals surface area contributed by atoms with Gasteiger partial charge in [0.25, 0.3) is 0 Å². The maximum Gasteiger partial charge on any atom is 0.407 e. The van der Waals surface area contributed by atoms with Gasteiger partial charge in [0, 0.05) is 6.42 Å². The second kappa shape index (κ2) is 7.10. The van der Waals surface area contributed by atoms with Crippen LogP contribution in [0.25, 0.3) is 0 Å². The lowest BCUT2D eigenvalue weighted by molar-refractivity contribution is -0.139. The molecule has 0 aliphatic rings. The van der Waals surface area contributed by atoms with Crippen LogP contribution in [0.2, 0.25) is 4.34 Å². The predicted molar refractivity (Wildman–Crippen MR) is 69.9 cm³/mol. The maximum atomic E-state index is 11.8. The third-order valence-electron chi connectivity index (χ3n) is 2.28. The maximum absolute atomic E-state index is 11.8. The van der Waals surface area contributed by atoms with Crippen LogP contribution >= 0.6 is 22.9 Å². The number of methoxy groups -OCH3 is 1. The van der Waals surface area contributed by atoms with Gasteiger partial charge >= 0.3 is 12.1 Å². The Morgan fingerprint density at radius 3 is 2.63 bits per heavy atom. The first-order chi connectivity index (χ1) is 8.93. The van der Waals surface area contributed by atoms with Gasteiger partial charge in [-0.3, -0.25) is 4.79 Å². The Bertz CT molecular complexity index is 487. The number of ketones is 1. The number of aliphatic carboxylic acids is 1. The lowest BCUT2D eigenvalue weighted by Crippen LogP contribution is -2.40. The van der Waals surface area contributed by atoms with Crippen LogP contribution in [0.4, 0.5) is 4.79 Å². The topological polar surface area (TPSA) is 92.7 Å². The highest BCUT2D eigenvalue weighted by Gasteiger charge is 2.22. The molecule has 2 N–H and O–H groups in total. The minimum Gasteiger partial charge on any atom is -0.480 e. The van der Waals surface area contributed by atoms with Crippen LogP contribution in [-0.2, 0) is 9.53 Å². The Morgan fingerprint density at radius 2 is 2.16 bits per heavy atom. The highest BCUT2D eigenvalue weighted by molar-refractivity contribution is 7.18. The SMILES string of the molecule is COC(=O)NC(CCC(=O)c1ccc(Cl)s1)C(=O)O. The fourth-order valence-electron chi connectivity index (χ4n) is 1.32. The highest BCUT2D eigenvalue weighted by atomic mass is 35.5. The number of hydrogen-bond acceptors (Lipinski definition) is 5. The van der Waals surface area contributed by atoms with Gasteiger partial charge in [0.15, 0.2) is 5.78 Å². The van der Waals surface area contributed by atoms with Crippen molar-refractivity contribution in [1.29, 1.82) is 0 Å². The summed E-state index contributed by atoms with van der Waals surface area (Å²) in [5.41, 5.74) is 0. The number of hydrogen-bond donors (Lipinski definition) is 2. The number of nitrogens with one attached hydrogen (secondary N) is 1. The molecule has 104 valence electrons. The van der Waals surface area contributed by atoms with E-state index in [1.807, 2.05) is 0 Å². The number of halogens is 1. The number of rotatable bonds is 6. The number of carboxylic acids is 1. The molecule has 0 spiro atoms. The molecule has 0 radical (unpaired) electrons. The van der Waals surface area contributed by atoms with Crippen molar-refractivity contribution < 1.29 is 24.2 Å². The molecule has 0 fully saturated rings. The molecule has 1 aromatic heterocycles. The molecule has 1 aromatic rings. The second-order valence-corrected chi connectivity index (χ2v) is 5.31. The minimum atomic E-state index is -1.22. The lowest BCUT2D eigenvalue weighted by Gasteiger charge is -2.12. The van der Waals surface area contributed by atoms with Crippen molar-refractivity contribution in [3.05, 3.63) is 21.3 Å². The summed E-state index contributed by atoms with van der Waals surface area (Å²) in [4.78, 5) is 34.1. The molecule has 19 heavy (non-hydrogen) atoms. The molecule has 0 aliphatic heterocycles. The lowest BCUT2D eigenvalue weighted by atomic mass is 10.1. The molecule has 8 heteroatoms. The predicted octanol–water partition coefficient (Wildman–Crippen LogP) is 2.17. The number of amides is 1. The number of carbonyl (C=O) groups is 3. The third kappa shape index (κ3) is 4.88. The summed E-state index contributed by atoms with van der Waals surface area (Å²) in [7, 11) is 1.13. The summed E-state index contributed by atoms with van der Waals surface area (Å²) in [6, 6.07) is 2.02. The van der Waals surface area contributed by atoms with Gasteiger partial charge in [-0.15, -0.1) is 11.3 Å². The summed E-state index contributed by atoms with van der Waals surface area (Å²) in [5.74, 6) is -1.43. The molecule has 0 aromatic carbocycles. The largest absolute Gasteiger partial charge is 0.480 e. The molecule has 0 bridgehead atoms. The van der Waals surface area contributed by atoms with E-state index < -0.39 is 18.1 Å². The highest BCUT2D eigenvalue weighted by Crippen LogP contribution is 2.23. The normalized spacial score (nSPS) is 11.7. The molecule has 1 unspecified atom stereocenters. The summed E-state index contributed by atoms with van der Waals surface area (Å²) < 4.78 is 4.80. The van der Waals surface area contributed by atoms with E-state index in [0.29, 0.717) is 9.21 Å². The van der Waals surface area contributed by atoms with Gasteiger partial charge in [0.2, 0.25) is 0 Å². The van der Waals surface area contributed by atoms with Crippen LogP contribution < -0.4 is 5.32 Å². The number of carboxylic acid groups (broad SMARTS) is 1. The molecule has 1 atom stereocenters. The van der Waals surface area contributed by atoms with Gasteiger partial charge in [-0.25, -0.2) is 9.59 Å². The van der Waals surface area contributed by atoms with Crippen molar-refractivity contribution in [3.63, 3.8) is 0 Å². The molecule has 1 amide bonds. The van der Waals surface area contributed by atoms with E-state index in [1.165, 1.54) is 0 Å². The fraction of sp³-hybridized carbons (Fsp3) is 0.364. The van der Waals surface area contributed by atoms with Gasteiger partial charge in [-0.1, -0.05) is 11.6 Å². The molecule has 1 rings (SSSR count). The van der Waals surface area contributed by atoms with Crippen LogP contribution in [0.1, 0.15) is 22.5 Å². The molecule has 0 saturated heterocycles. The number of Topliss-reactive ketones (excluding diaryl/α,β-unsaturated/α-hetero) is 1. The summed E-state index contributed by atoms with van der Waals surface area (Å²) >= 11 is 6.83. The van der Waals surface area contributed by atoms with Gasteiger partial charge in [-0.05, 0) is 18.6 Å². The van der Waals surface area contributed by atoms with E-state index >= 15 is 0 Å². The van der Waals surface area contributed by atoms with Crippen molar-refractivity contribution in [2.75, 3.05) is 7.11 Å². The molecular weight excluding hydrogens is 294 g/mol. The van der Waals surface area contributed by atoms with Crippen molar-refractivity contribution in [3.8, 4) is 0 Å². The average Bonchev–Trinajstić information content (AvgIpc) is 2.80. The Morgan fingerprint density at radius 1 is 1.47 bits per heavy atom. The third-order valence-corrected chi connectivity index (χ3v) is 3.56. The van der Waals surface area contributed by atoms with E-state index in [1.54, 1.807) is 12.1 Å². The van der Waals surface area contributed by atoms with Crippen molar-refractivity contribution in [1.82, 2.24) is 5.32 Å². The van der Waals surface area contributed by atoms with Gasteiger partial charge in [0.1, 0.15) is 6.04 Å². The first kappa shape index (κ1) is 15.5. The van der Waals surface area contributed by atoms with Gasteiger partial charge in [-0.2, -0.15) is 0 Å². The Balaban J connectivity index is 2.54. The smallest absolute Gasteiger partial charge is 0.407 e. The van der Waals surface area contributed by atoms with E-state index in [9.17, 15) is 14.4 Å². The molecule has 0 aliphatic carbocycles. The summed E-state index contributed by atoms with van der Waals surface area (Å²) in [6.07, 6.45) is -0.865. The number of thiophene rings is 1. The van der Waals surface area contributed by atoms with Crippen molar-refractivity contribution in [2.45, 2.75) is 18.9 Å². The number of alkyl carbamates (subject to hydrolysis) is 1. The van der Waals surface area contributed by atoms with Gasteiger partial charge < -0.3 is 15.2 Å². The Labute approximate surface area is 118 Å². The quantitative estimate of drug-likeness (QED) is 0.786. The average molecular weight is 306 g/mol. The van der Waals surface area contributed by atoms with E-state index in [4.69, 9.17) is 16.7 Å². The number of ether oxygens (including phenoxy) is 1. The van der Waals surface area contributed by atoms with Crippen LogP contribution in [-0.4, -0.2) is 36.1 Å². The van der Waals surface area contributed by atoms with Crippen LogP contribution in [0.3, 0.4) is 0 Å². The van der Waals surface area contributed by atoms with Crippen LogP contribution in [0, 0.1) is 0 Å². The van der Waals surface area contributed by atoms with Crippen LogP contribution in [0.15, 0.2) is 12.1 Å². The van der Waals surface area contributed by atoms with E-state index in [-0.39, 0.29) is 18.6 Å². The minimum absolute atomic E-state index is 0.00218. The molecule has 1 heterocycles.